The van der Waals surface area contributed by atoms with Crippen LogP contribution in [-0.2, 0) is 6.42 Å². The molecule has 10 heteroatoms. The zero-order valence-electron chi connectivity index (χ0n) is 24.0. The minimum atomic E-state index is -1.04. The fourth-order valence-corrected chi connectivity index (χ4v) is 7.06. The first-order chi connectivity index (χ1) is 20.9. The van der Waals surface area contributed by atoms with Crippen LogP contribution in [0, 0.1) is 6.92 Å². The largest absolute Gasteiger partial charge is 0.389 e. The number of aliphatic hydroxyl groups excluding tert-OH is 1. The van der Waals surface area contributed by atoms with Crippen LogP contribution in [0.3, 0.4) is 0 Å². The fourth-order valence-electron chi connectivity index (χ4n) is 6.12. The second-order valence-electron chi connectivity index (χ2n) is 11.5. The number of carbonyl (C=O) groups excluding carboxylic acids is 2. The van der Waals surface area contributed by atoms with Crippen molar-refractivity contribution in [2.75, 3.05) is 13.1 Å². The number of aromatic nitrogens is 2. The second-order valence-corrected chi connectivity index (χ2v) is 12.3. The molecular formula is C33H36FN5O3S. The van der Waals surface area contributed by atoms with Crippen molar-refractivity contribution in [3.63, 3.8) is 0 Å². The fraction of sp³-hybridized carbons (Fsp3) is 0.364. The molecule has 0 radical (unpaired) electrons. The summed E-state index contributed by atoms with van der Waals surface area (Å²) in [7, 11) is 0. The molecule has 8 nitrogen and oxygen atoms in total. The average Bonchev–Trinajstić information content (AvgIpc) is 3.84. The third kappa shape index (κ3) is 6.56. The summed E-state index contributed by atoms with van der Waals surface area (Å²) in [6, 6.07) is 17.3. The Labute approximate surface area is 254 Å². The summed E-state index contributed by atoms with van der Waals surface area (Å²) in [5.74, 6) is -0.560. The number of aryl methyl sites for hydroxylation is 1. The van der Waals surface area contributed by atoms with Gasteiger partial charge in [0, 0.05) is 59.4 Å². The van der Waals surface area contributed by atoms with Crippen LogP contribution in [-0.4, -0.2) is 68.8 Å². The van der Waals surface area contributed by atoms with E-state index in [0.29, 0.717) is 29.8 Å². The Balaban J connectivity index is 1.30. The number of aliphatic hydroxyl groups is 1. The first kappa shape index (κ1) is 29.2. The molecule has 43 heavy (non-hydrogen) atoms. The Morgan fingerprint density at radius 1 is 1.14 bits per heavy atom. The Morgan fingerprint density at radius 2 is 1.91 bits per heavy atom. The molecule has 0 bridgehead atoms. The topological polar surface area (TPSA) is 99.5 Å². The number of alkyl halides is 1. The van der Waals surface area contributed by atoms with E-state index in [1.165, 1.54) is 0 Å². The number of halogens is 1. The maximum absolute atomic E-state index is 14.0. The van der Waals surface area contributed by atoms with Crippen molar-refractivity contribution >= 4 is 23.2 Å². The molecule has 2 saturated heterocycles. The van der Waals surface area contributed by atoms with E-state index in [0.717, 1.165) is 29.1 Å². The molecule has 4 aromatic rings. The second kappa shape index (κ2) is 12.8. The third-order valence-electron chi connectivity index (χ3n) is 8.32. The predicted molar refractivity (Wildman–Crippen MR) is 164 cm³/mol. The van der Waals surface area contributed by atoms with Gasteiger partial charge in [-0.15, -0.1) is 11.3 Å². The van der Waals surface area contributed by atoms with Crippen LogP contribution in [0.2, 0.25) is 0 Å². The van der Waals surface area contributed by atoms with E-state index in [4.69, 9.17) is 0 Å². The van der Waals surface area contributed by atoms with E-state index in [2.05, 4.69) is 15.6 Å². The standard InChI is InChI=1S/C33H36FN5O3S/c1-21-20-43-32(36-21)29-10-7-13-39(29)33(42)24-15-23(16-26(17-24)38-11-5-6-12-38)31(41)37-28(14-22-8-3-2-4-9-22)30(40)27-18-25(34)19-35-27/h2-6,8-9,11-12,15-17,20,25,27-30,35,40H,7,10,13-14,18-19H2,1H3,(H,37,41). The van der Waals surface area contributed by atoms with E-state index >= 15 is 0 Å². The lowest BCUT2D eigenvalue weighted by atomic mass is 9.94. The van der Waals surface area contributed by atoms with Gasteiger partial charge in [0.2, 0.25) is 0 Å². The van der Waals surface area contributed by atoms with Crippen molar-refractivity contribution in [1.29, 1.82) is 0 Å². The SMILES string of the molecule is Cc1csc(C2CCCN2C(=O)c2cc(C(=O)NC(Cc3ccccc3)C(O)C3CC(F)CN3)cc(-n3cccc3)c2)n1. The van der Waals surface area contributed by atoms with Gasteiger partial charge >= 0.3 is 0 Å². The summed E-state index contributed by atoms with van der Waals surface area (Å²) in [5, 5.41) is 20.3. The number of rotatable bonds is 9. The minimum absolute atomic E-state index is 0.0950. The third-order valence-corrected chi connectivity index (χ3v) is 9.38. The van der Waals surface area contributed by atoms with Crippen molar-refractivity contribution < 1.29 is 19.1 Å². The van der Waals surface area contributed by atoms with Gasteiger partial charge in [0.25, 0.3) is 11.8 Å². The molecule has 2 fully saturated rings. The molecule has 2 aromatic heterocycles. The van der Waals surface area contributed by atoms with Crippen LogP contribution >= 0.6 is 11.3 Å². The van der Waals surface area contributed by atoms with Gasteiger partial charge < -0.3 is 25.2 Å². The lowest BCUT2D eigenvalue weighted by Crippen LogP contribution is -2.52. The number of hydrogen-bond donors (Lipinski definition) is 3. The number of carbonyl (C=O) groups is 2. The molecular weight excluding hydrogens is 565 g/mol. The number of likely N-dealkylation sites (tertiary alicyclic amines) is 1. The normalized spacial score (nSPS) is 21.6. The highest BCUT2D eigenvalue weighted by atomic mass is 32.1. The number of benzene rings is 2. The van der Waals surface area contributed by atoms with Crippen molar-refractivity contribution in [1.82, 2.24) is 25.1 Å². The number of amides is 2. The highest BCUT2D eigenvalue weighted by molar-refractivity contribution is 7.09. The Morgan fingerprint density at radius 3 is 2.60 bits per heavy atom. The molecule has 3 N–H and O–H groups in total. The molecule has 0 saturated carbocycles. The van der Waals surface area contributed by atoms with Crippen LogP contribution in [0.5, 0.6) is 0 Å². The van der Waals surface area contributed by atoms with Crippen LogP contribution in [0.4, 0.5) is 4.39 Å². The minimum Gasteiger partial charge on any atom is -0.389 e. The molecule has 0 spiro atoms. The van der Waals surface area contributed by atoms with Gasteiger partial charge in [0.15, 0.2) is 0 Å². The lowest BCUT2D eigenvalue weighted by Gasteiger charge is -2.29. The highest BCUT2D eigenvalue weighted by Crippen LogP contribution is 2.35. The van der Waals surface area contributed by atoms with Crippen LogP contribution < -0.4 is 10.6 Å². The quantitative estimate of drug-likeness (QED) is 0.260. The van der Waals surface area contributed by atoms with E-state index < -0.39 is 30.3 Å². The van der Waals surface area contributed by atoms with Gasteiger partial charge in [-0.2, -0.15) is 0 Å². The summed E-state index contributed by atoms with van der Waals surface area (Å²) in [4.78, 5) is 34.4. The van der Waals surface area contributed by atoms with Gasteiger partial charge in [-0.25, -0.2) is 9.37 Å². The monoisotopic (exact) mass is 601 g/mol. The summed E-state index contributed by atoms with van der Waals surface area (Å²) in [6.07, 6.45) is 3.96. The maximum atomic E-state index is 14.0. The van der Waals surface area contributed by atoms with E-state index in [1.807, 2.05) is 82.7 Å². The van der Waals surface area contributed by atoms with Gasteiger partial charge in [0.1, 0.15) is 11.2 Å². The van der Waals surface area contributed by atoms with Crippen molar-refractivity contribution in [3.8, 4) is 5.69 Å². The molecule has 2 amide bonds. The average molecular weight is 602 g/mol. The van der Waals surface area contributed by atoms with Gasteiger partial charge in [-0.05, 0) is 68.5 Å². The highest BCUT2D eigenvalue weighted by Gasteiger charge is 2.36. The molecule has 5 unspecified atom stereocenters. The molecule has 6 rings (SSSR count). The lowest BCUT2D eigenvalue weighted by molar-refractivity contribution is 0.0728. The molecule has 4 heterocycles. The Hall–Kier alpha value is -3.86. The maximum Gasteiger partial charge on any atom is 0.254 e. The summed E-state index contributed by atoms with van der Waals surface area (Å²) >= 11 is 1.57. The van der Waals surface area contributed by atoms with Crippen molar-refractivity contribution in [2.24, 2.45) is 0 Å². The van der Waals surface area contributed by atoms with Crippen LogP contribution in [0.15, 0.2) is 78.4 Å². The molecule has 5 atom stereocenters. The van der Waals surface area contributed by atoms with E-state index in [9.17, 15) is 19.1 Å². The number of hydrogen-bond acceptors (Lipinski definition) is 6. The molecule has 2 aliphatic heterocycles. The van der Waals surface area contributed by atoms with Crippen LogP contribution in [0.25, 0.3) is 5.69 Å². The van der Waals surface area contributed by atoms with Crippen molar-refractivity contribution in [2.45, 2.75) is 63.0 Å². The Kier molecular flexibility index (Phi) is 8.69. The molecule has 0 aliphatic carbocycles. The smallest absolute Gasteiger partial charge is 0.254 e. The van der Waals surface area contributed by atoms with Gasteiger partial charge in [0.05, 0.1) is 18.2 Å². The molecule has 2 aliphatic rings. The number of nitrogens with zero attached hydrogens (tertiary/aromatic N) is 3. The van der Waals surface area contributed by atoms with E-state index in [1.54, 1.807) is 23.5 Å². The van der Waals surface area contributed by atoms with Crippen LogP contribution in [0.1, 0.15) is 62.3 Å². The summed E-state index contributed by atoms with van der Waals surface area (Å²) in [6.45, 7) is 2.75. The van der Waals surface area contributed by atoms with Gasteiger partial charge in [-0.3, -0.25) is 9.59 Å². The van der Waals surface area contributed by atoms with E-state index in [-0.39, 0.29) is 24.9 Å². The van der Waals surface area contributed by atoms with Crippen molar-refractivity contribution in [3.05, 3.63) is 106 Å². The zero-order chi connectivity index (χ0) is 29.9. The summed E-state index contributed by atoms with van der Waals surface area (Å²) in [5.41, 5.74) is 3.28. The number of nitrogens with one attached hydrogen (secondary N) is 2. The Bertz CT molecular complexity index is 1560. The van der Waals surface area contributed by atoms with Gasteiger partial charge in [-0.1, -0.05) is 30.3 Å². The first-order valence-corrected chi connectivity index (χ1v) is 15.7. The molecule has 224 valence electrons. The first-order valence-electron chi connectivity index (χ1n) is 14.8. The summed E-state index contributed by atoms with van der Waals surface area (Å²) < 4.78 is 15.9. The molecule has 2 aromatic carbocycles. The number of thiazole rings is 1. The zero-order valence-corrected chi connectivity index (χ0v) is 24.8. The predicted octanol–water partition coefficient (Wildman–Crippen LogP) is 4.62.